The Balaban J connectivity index is 2.22. The van der Waals surface area contributed by atoms with Gasteiger partial charge in [-0.2, -0.15) is 0 Å². The van der Waals surface area contributed by atoms with Gasteiger partial charge in [0.1, 0.15) is 5.75 Å². The van der Waals surface area contributed by atoms with Crippen LogP contribution in [0.4, 0.5) is 5.69 Å². The van der Waals surface area contributed by atoms with Gasteiger partial charge in [0.05, 0.1) is 0 Å². The van der Waals surface area contributed by atoms with Crippen LogP contribution in [0.5, 0.6) is 5.75 Å². The maximum Gasteiger partial charge on any atom is 0.118 e. The van der Waals surface area contributed by atoms with E-state index in [1.54, 1.807) is 6.07 Å². The number of nitrogens with one attached hydrogen (secondary N) is 1. The summed E-state index contributed by atoms with van der Waals surface area (Å²) in [5.41, 5.74) is 5.80. The highest BCUT2D eigenvalue weighted by Crippen LogP contribution is 2.26. The molecule has 0 fully saturated rings. The van der Waals surface area contributed by atoms with Gasteiger partial charge in [-0.1, -0.05) is 23.8 Å². The second-order valence-electron chi connectivity index (χ2n) is 5.23. The molecule has 2 aromatic carbocycles. The molecule has 100 valence electrons. The number of aromatic hydroxyl groups is 1. The SMILES string of the molecule is Cc1ccc(C)c(C(C)Nc2ccc(O)c(C)c2)c1. The molecule has 2 heteroatoms. The maximum atomic E-state index is 9.55. The van der Waals surface area contributed by atoms with Gasteiger partial charge in [0, 0.05) is 11.7 Å². The van der Waals surface area contributed by atoms with E-state index in [0.29, 0.717) is 5.75 Å². The summed E-state index contributed by atoms with van der Waals surface area (Å²) < 4.78 is 0. The van der Waals surface area contributed by atoms with Crippen molar-refractivity contribution in [3.8, 4) is 5.75 Å². The summed E-state index contributed by atoms with van der Waals surface area (Å²) in [5.74, 6) is 0.338. The van der Waals surface area contributed by atoms with Gasteiger partial charge in [0.25, 0.3) is 0 Å². The molecule has 2 rings (SSSR count). The van der Waals surface area contributed by atoms with Crippen LogP contribution in [-0.4, -0.2) is 5.11 Å². The van der Waals surface area contributed by atoms with E-state index >= 15 is 0 Å². The molecule has 0 aliphatic rings. The number of hydrogen-bond donors (Lipinski definition) is 2. The van der Waals surface area contributed by atoms with Crippen LogP contribution in [0.25, 0.3) is 0 Å². The van der Waals surface area contributed by atoms with Crippen molar-refractivity contribution in [3.05, 3.63) is 58.7 Å². The first kappa shape index (κ1) is 13.5. The van der Waals surface area contributed by atoms with Crippen LogP contribution in [0.2, 0.25) is 0 Å². The molecular weight excluding hydrogens is 234 g/mol. The average molecular weight is 255 g/mol. The topological polar surface area (TPSA) is 32.3 Å². The molecule has 0 radical (unpaired) electrons. The molecule has 0 saturated heterocycles. The molecule has 0 heterocycles. The normalized spacial score (nSPS) is 12.2. The van der Waals surface area contributed by atoms with Gasteiger partial charge in [-0.15, -0.1) is 0 Å². The third kappa shape index (κ3) is 3.08. The number of rotatable bonds is 3. The zero-order valence-corrected chi connectivity index (χ0v) is 12.0. The predicted molar refractivity (Wildman–Crippen MR) is 80.8 cm³/mol. The summed E-state index contributed by atoms with van der Waals surface area (Å²) in [7, 11) is 0. The van der Waals surface area contributed by atoms with Gasteiger partial charge >= 0.3 is 0 Å². The van der Waals surface area contributed by atoms with E-state index in [1.807, 2.05) is 19.1 Å². The molecule has 1 atom stereocenters. The van der Waals surface area contributed by atoms with Gasteiger partial charge in [-0.05, 0) is 62.6 Å². The van der Waals surface area contributed by atoms with Gasteiger partial charge in [0.2, 0.25) is 0 Å². The molecule has 1 unspecified atom stereocenters. The largest absolute Gasteiger partial charge is 0.508 e. The monoisotopic (exact) mass is 255 g/mol. The van der Waals surface area contributed by atoms with Gasteiger partial charge < -0.3 is 10.4 Å². The highest BCUT2D eigenvalue weighted by atomic mass is 16.3. The van der Waals surface area contributed by atoms with Gasteiger partial charge in [-0.25, -0.2) is 0 Å². The standard InChI is InChI=1S/C17H21NO/c1-11-5-6-12(2)16(9-11)14(4)18-15-7-8-17(19)13(3)10-15/h5-10,14,18-19H,1-4H3. The molecule has 0 amide bonds. The molecule has 0 saturated carbocycles. The van der Waals surface area contributed by atoms with Crippen molar-refractivity contribution in [1.82, 2.24) is 0 Å². The summed E-state index contributed by atoms with van der Waals surface area (Å²) in [5, 5.41) is 13.0. The number of aryl methyl sites for hydroxylation is 3. The third-order valence-corrected chi connectivity index (χ3v) is 3.48. The Morgan fingerprint density at radius 3 is 2.37 bits per heavy atom. The van der Waals surface area contributed by atoms with Crippen molar-refractivity contribution in [3.63, 3.8) is 0 Å². The van der Waals surface area contributed by atoms with Crippen LogP contribution >= 0.6 is 0 Å². The zero-order chi connectivity index (χ0) is 14.0. The van der Waals surface area contributed by atoms with E-state index < -0.39 is 0 Å². The first-order valence-corrected chi connectivity index (χ1v) is 6.60. The predicted octanol–water partition coefficient (Wildman–Crippen LogP) is 4.49. The van der Waals surface area contributed by atoms with E-state index in [4.69, 9.17) is 0 Å². The molecule has 0 aliphatic heterocycles. The van der Waals surface area contributed by atoms with Crippen molar-refractivity contribution >= 4 is 5.69 Å². The number of anilines is 1. The Kier molecular flexibility index (Phi) is 3.79. The quantitative estimate of drug-likeness (QED) is 0.792. The minimum atomic E-state index is 0.240. The fourth-order valence-corrected chi connectivity index (χ4v) is 2.30. The van der Waals surface area contributed by atoms with E-state index in [1.165, 1.54) is 16.7 Å². The fourth-order valence-electron chi connectivity index (χ4n) is 2.30. The van der Waals surface area contributed by atoms with Crippen LogP contribution in [0.15, 0.2) is 36.4 Å². The summed E-state index contributed by atoms with van der Waals surface area (Å²) in [6, 6.07) is 12.4. The highest BCUT2D eigenvalue weighted by molar-refractivity contribution is 5.52. The molecule has 0 aromatic heterocycles. The first-order valence-electron chi connectivity index (χ1n) is 6.60. The van der Waals surface area contributed by atoms with Crippen molar-refractivity contribution in [2.24, 2.45) is 0 Å². The van der Waals surface area contributed by atoms with Crippen molar-refractivity contribution in [2.75, 3.05) is 5.32 Å². The second-order valence-corrected chi connectivity index (χ2v) is 5.23. The van der Waals surface area contributed by atoms with Crippen molar-refractivity contribution < 1.29 is 5.11 Å². The molecule has 0 aliphatic carbocycles. The summed E-state index contributed by atoms with van der Waals surface area (Å²) >= 11 is 0. The first-order chi connectivity index (χ1) is 8.97. The van der Waals surface area contributed by atoms with E-state index in [0.717, 1.165) is 11.3 Å². The van der Waals surface area contributed by atoms with Gasteiger partial charge in [0.15, 0.2) is 0 Å². The molecule has 2 nitrogen and oxygen atoms in total. The number of phenolic OH excluding ortho intramolecular Hbond substituents is 1. The lowest BCUT2D eigenvalue weighted by atomic mass is 9.99. The molecule has 0 bridgehead atoms. The van der Waals surface area contributed by atoms with Gasteiger partial charge in [-0.3, -0.25) is 0 Å². The number of hydrogen-bond acceptors (Lipinski definition) is 2. The zero-order valence-electron chi connectivity index (χ0n) is 12.0. The molecule has 2 N–H and O–H groups in total. The van der Waals surface area contributed by atoms with Crippen LogP contribution in [0.1, 0.15) is 35.2 Å². The van der Waals surface area contributed by atoms with Crippen LogP contribution in [-0.2, 0) is 0 Å². The van der Waals surface area contributed by atoms with Crippen LogP contribution in [0, 0.1) is 20.8 Å². The minimum absolute atomic E-state index is 0.240. The molecular formula is C17H21NO. The number of phenols is 1. The molecule has 19 heavy (non-hydrogen) atoms. The van der Waals surface area contributed by atoms with Crippen LogP contribution < -0.4 is 5.32 Å². The highest BCUT2D eigenvalue weighted by Gasteiger charge is 2.09. The average Bonchev–Trinajstić information content (AvgIpc) is 2.36. The third-order valence-electron chi connectivity index (χ3n) is 3.48. The molecule has 2 aromatic rings. The van der Waals surface area contributed by atoms with Crippen molar-refractivity contribution in [1.29, 1.82) is 0 Å². The van der Waals surface area contributed by atoms with Crippen molar-refractivity contribution in [2.45, 2.75) is 33.7 Å². The van der Waals surface area contributed by atoms with E-state index in [2.05, 4.69) is 44.3 Å². The summed E-state index contributed by atoms with van der Waals surface area (Å²) in [6.07, 6.45) is 0. The minimum Gasteiger partial charge on any atom is -0.508 e. The Labute approximate surface area is 115 Å². The van der Waals surface area contributed by atoms with Crippen LogP contribution in [0.3, 0.4) is 0 Å². The fraction of sp³-hybridized carbons (Fsp3) is 0.294. The Bertz CT molecular complexity index is 590. The lowest BCUT2D eigenvalue weighted by molar-refractivity contribution is 0.471. The Morgan fingerprint density at radius 2 is 1.68 bits per heavy atom. The lowest BCUT2D eigenvalue weighted by Crippen LogP contribution is -2.08. The summed E-state index contributed by atoms with van der Waals surface area (Å²) in [6.45, 7) is 8.31. The maximum absolute atomic E-state index is 9.55. The van der Waals surface area contributed by atoms with E-state index in [-0.39, 0.29) is 6.04 Å². The molecule has 0 spiro atoms. The smallest absolute Gasteiger partial charge is 0.118 e. The summed E-state index contributed by atoms with van der Waals surface area (Å²) in [4.78, 5) is 0. The Morgan fingerprint density at radius 1 is 0.947 bits per heavy atom. The second kappa shape index (κ2) is 5.35. The number of benzene rings is 2. The lowest BCUT2D eigenvalue weighted by Gasteiger charge is -2.19. The van der Waals surface area contributed by atoms with E-state index in [9.17, 15) is 5.11 Å². The Hall–Kier alpha value is -1.96.